The molecule has 1 aliphatic rings. The average molecular weight is 316 g/mol. The van der Waals surface area contributed by atoms with Gasteiger partial charge in [0.1, 0.15) is 5.82 Å². The highest BCUT2D eigenvalue weighted by Crippen LogP contribution is 2.29. The molecule has 2 aromatic rings. The Labute approximate surface area is 131 Å². The molecule has 0 saturated carbocycles. The molecule has 2 amide bonds. The van der Waals surface area contributed by atoms with Crippen LogP contribution < -0.4 is 5.32 Å². The quantitative estimate of drug-likeness (QED) is 0.938. The van der Waals surface area contributed by atoms with Gasteiger partial charge in [-0.3, -0.25) is 14.5 Å². The lowest BCUT2D eigenvalue weighted by Gasteiger charge is -2.15. The maximum atomic E-state index is 12.9. The molecule has 1 N–H and O–H groups in total. The van der Waals surface area contributed by atoms with Gasteiger partial charge in [0.15, 0.2) is 5.37 Å². The molecule has 0 unspecified atom stereocenters. The third-order valence-electron chi connectivity index (χ3n) is 3.25. The Kier molecular flexibility index (Phi) is 4.11. The van der Waals surface area contributed by atoms with Crippen LogP contribution in [0.4, 0.5) is 14.9 Å². The van der Waals surface area contributed by atoms with Crippen molar-refractivity contribution in [2.24, 2.45) is 0 Å². The van der Waals surface area contributed by atoms with Crippen molar-refractivity contribution in [3.05, 3.63) is 66.0 Å². The minimum Gasteiger partial charge on any atom is -0.365 e. The van der Waals surface area contributed by atoms with E-state index in [1.807, 2.05) is 30.3 Å². The van der Waals surface area contributed by atoms with Crippen molar-refractivity contribution in [1.82, 2.24) is 4.90 Å². The molecule has 1 heterocycles. The molecule has 0 aromatic heterocycles. The van der Waals surface area contributed by atoms with E-state index in [-0.39, 0.29) is 23.5 Å². The van der Waals surface area contributed by atoms with Crippen LogP contribution in [0.1, 0.15) is 5.56 Å². The van der Waals surface area contributed by atoms with E-state index in [1.54, 1.807) is 0 Å². The summed E-state index contributed by atoms with van der Waals surface area (Å²) < 4.78 is 12.9. The highest BCUT2D eigenvalue weighted by molar-refractivity contribution is 8.15. The number of halogens is 1. The predicted molar refractivity (Wildman–Crippen MR) is 83.8 cm³/mol. The molecule has 1 atom stereocenters. The Morgan fingerprint density at radius 2 is 1.73 bits per heavy atom. The van der Waals surface area contributed by atoms with E-state index < -0.39 is 5.37 Å². The fraction of sp³-hybridized carbons (Fsp3) is 0.125. The smallest absolute Gasteiger partial charge is 0.291 e. The van der Waals surface area contributed by atoms with Crippen molar-refractivity contribution in [2.75, 3.05) is 5.32 Å². The molecule has 0 radical (unpaired) electrons. The van der Waals surface area contributed by atoms with Crippen molar-refractivity contribution in [1.29, 1.82) is 0 Å². The summed E-state index contributed by atoms with van der Waals surface area (Å²) in [7, 11) is 0. The van der Waals surface area contributed by atoms with Gasteiger partial charge >= 0.3 is 0 Å². The third kappa shape index (κ3) is 3.12. The first-order chi connectivity index (χ1) is 10.6. The summed E-state index contributed by atoms with van der Waals surface area (Å²) in [6, 6.07) is 15.0. The topological polar surface area (TPSA) is 49.4 Å². The van der Waals surface area contributed by atoms with Crippen LogP contribution in [-0.4, -0.2) is 21.4 Å². The molecule has 22 heavy (non-hydrogen) atoms. The standard InChI is InChI=1S/C16H13FN2O2S/c17-12-6-8-13(9-7-12)18-14-15(20)19(16(21)22-14)10-11-4-2-1-3-5-11/h1-9,14,18H,10H2/t14-/m1/s1. The van der Waals surface area contributed by atoms with Crippen LogP contribution in [0.3, 0.4) is 0 Å². The predicted octanol–water partition coefficient (Wildman–Crippen LogP) is 3.46. The van der Waals surface area contributed by atoms with Crippen molar-refractivity contribution >= 4 is 28.6 Å². The molecule has 6 heteroatoms. The number of carbonyl (C=O) groups is 2. The monoisotopic (exact) mass is 316 g/mol. The van der Waals surface area contributed by atoms with Crippen LogP contribution in [-0.2, 0) is 11.3 Å². The summed E-state index contributed by atoms with van der Waals surface area (Å²) in [4.78, 5) is 25.6. The molecule has 1 aliphatic heterocycles. The summed E-state index contributed by atoms with van der Waals surface area (Å²) in [6.07, 6.45) is 0. The second-order valence-corrected chi connectivity index (χ2v) is 5.88. The SMILES string of the molecule is O=C1S[C@@H](Nc2ccc(F)cc2)C(=O)N1Cc1ccccc1. The Morgan fingerprint density at radius 1 is 1.05 bits per heavy atom. The zero-order valence-corrected chi connectivity index (χ0v) is 12.3. The Bertz CT molecular complexity index is 691. The van der Waals surface area contributed by atoms with Gasteiger partial charge in [0.2, 0.25) is 0 Å². The van der Waals surface area contributed by atoms with E-state index in [0.717, 1.165) is 17.3 Å². The summed E-state index contributed by atoms with van der Waals surface area (Å²) >= 11 is 0.933. The Hall–Kier alpha value is -2.34. The maximum Gasteiger partial charge on any atom is 0.291 e. The van der Waals surface area contributed by atoms with Crippen molar-refractivity contribution in [3.63, 3.8) is 0 Å². The van der Waals surface area contributed by atoms with Crippen LogP contribution in [0.15, 0.2) is 54.6 Å². The van der Waals surface area contributed by atoms with Crippen LogP contribution in [0.5, 0.6) is 0 Å². The van der Waals surface area contributed by atoms with Crippen LogP contribution in [0.2, 0.25) is 0 Å². The number of thioether (sulfide) groups is 1. The zero-order chi connectivity index (χ0) is 15.5. The lowest BCUT2D eigenvalue weighted by Crippen LogP contribution is -2.33. The van der Waals surface area contributed by atoms with E-state index in [1.165, 1.54) is 29.2 Å². The second-order valence-electron chi connectivity index (χ2n) is 4.83. The van der Waals surface area contributed by atoms with Gasteiger partial charge in [-0.05, 0) is 41.6 Å². The first-order valence-corrected chi connectivity index (χ1v) is 7.59. The molecule has 1 saturated heterocycles. The minimum absolute atomic E-state index is 0.257. The summed E-state index contributed by atoms with van der Waals surface area (Å²) in [5.41, 5.74) is 1.49. The summed E-state index contributed by atoms with van der Waals surface area (Å²) in [5, 5.41) is 1.99. The van der Waals surface area contributed by atoms with E-state index in [9.17, 15) is 14.0 Å². The lowest BCUT2D eigenvalue weighted by atomic mass is 10.2. The number of nitrogens with zero attached hydrogens (tertiary/aromatic N) is 1. The number of carbonyl (C=O) groups excluding carboxylic acids is 2. The molecule has 0 bridgehead atoms. The Balaban J connectivity index is 1.70. The molecule has 3 rings (SSSR count). The van der Waals surface area contributed by atoms with Gasteiger partial charge in [-0.25, -0.2) is 4.39 Å². The Morgan fingerprint density at radius 3 is 2.41 bits per heavy atom. The van der Waals surface area contributed by atoms with Crippen LogP contribution >= 0.6 is 11.8 Å². The number of benzene rings is 2. The first kappa shape index (κ1) is 14.6. The lowest BCUT2D eigenvalue weighted by molar-refractivity contribution is -0.126. The number of hydrogen-bond donors (Lipinski definition) is 1. The maximum absolute atomic E-state index is 12.9. The van der Waals surface area contributed by atoms with Gasteiger partial charge in [0, 0.05) is 5.69 Å². The van der Waals surface area contributed by atoms with Gasteiger partial charge in [0.25, 0.3) is 11.1 Å². The molecular weight excluding hydrogens is 303 g/mol. The number of anilines is 1. The molecule has 1 fully saturated rings. The third-order valence-corrected chi connectivity index (χ3v) is 4.23. The minimum atomic E-state index is -0.679. The number of imide groups is 1. The largest absolute Gasteiger partial charge is 0.365 e. The molecule has 0 aliphatic carbocycles. The average Bonchev–Trinajstić information content (AvgIpc) is 2.78. The van der Waals surface area contributed by atoms with Gasteiger partial charge in [0.05, 0.1) is 6.54 Å². The van der Waals surface area contributed by atoms with Gasteiger partial charge < -0.3 is 5.32 Å². The van der Waals surface area contributed by atoms with E-state index in [0.29, 0.717) is 5.69 Å². The van der Waals surface area contributed by atoms with Crippen LogP contribution in [0.25, 0.3) is 0 Å². The van der Waals surface area contributed by atoms with Crippen molar-refractivity contribution in [2.45, 2.75) is 11.9 Å². The highest BCUT2D eigenvalue weighted by Gasteiger charge is 2.39. The van der Waals surface area contributed by atoms with Gasteiger partial charge in [-0.2, -0.15) is 0 Å². The fourth-order valence-corrected chi connectivity index (χ4v) is 3.05. The van der Waals surface area contributed by atoms with Crippen molar-refractivity contribution < 1.29 is 14.0 Å². The molecule has 2 aromatic carbocycles. The normalized spacial score (nSPS) is 17.9. The number of amides is 2. The second kappa shape index (κ2) is 6.19. The first-order valence-electron chi connectivity index (χ1n) is 6.71. The molecule has 0 spiro atoms. The van der Waals surface area contributed by atoms with E-state index in [4.69, 9.17) is 0 Å². The van der Waals surface area contributed by atoms with Gasteiger partial charge in [-0.15, -0.1) is 0 Å². The van der Waals surface area contributed by atoms with E-state index in [2.05, 4.69) is 5.32 Å². The molecule has 4 nitrogen and oxygen atoms in total. The van der Waals surface area contributed by atoms with E-state index >= 15 is 0 Å². The number of hydrogen-bond acceptors (Lipinski definition) is 4. The number of rotatable bonds is 4. The number of nitrogens with one attached hydrogen (secondary N) is 1. The molecule has 112 valence electrons. The fourth-order valence-electron chi connectivity index (χ4n) is 2.14. The van der Waals surface area contributed by atoms with Crippen molar-refractivity contribution in [3.8, 4) is 0 Å². The zero-order valence-electron chi connectivity index (χ0n) is 11.5. The highest BCUT2D eigenvalue weighted by atomic mass is 32.2. The molecular formula is C16H13FN2O2S. The van der Waals surface area contributed by atoms with Gasteiger partial charge in [-0.1, -0.05) is 30.3 Å². The summed E-state index contributed by atoms with van der Waals surface area (Å²) in [6.45, 7) is 0.257. The summed E-state index contributed by atoms with van der Waals surface area (Å²) in [5.74, 6) is -0.638. The van der Waals surface area contributed by atoms with Crippen LogP contribution in [0, 0.1) is 5.82 Å².